The van der Waals surface area contributed by atoms with Gasteiger partial charge in [0, 0.05) is 0 Å². The summed E-state index contributed by atoms with van der Waals surface area (Å²) in [5.74, 6) is 0. The standard InChI is InChI=1S/12CN.3Cu.2Fe/c12*1-2;;;;;/q12*-1;;;+2;;. The first-order valence-corrected chi connectivity index (χ1v) is 6.31. The molecular formula is C12Cu3Fe2N12-10. The van der Waals surface area contributed by atoms with Crippen molar-refractivity contribution in [3.05, 3.63) is 78.9 Å². The summed E-state index contributed by atoms with van der Waals surface area (Å²) in [6.45, 7) is 57.0. The van der Waals surface area contributed by atoms with Gasteiger partial charge in [-0.3, -0.25) is 0 Å². The van der Waals surface area contributed by atoms with Crippen LogP contribution in [-0.2, 0) is 71.7 Å². The zero-order chi connectivity index (χ0) is 28.0. The number of rotatable bonds is 0. The molecule has 29 heavy (non-hydrogen) atoms. The van der Waals surface area contributed by atoms with Crippen LogP contribution in [0.25, 0.3) is 0 Å². The fourth-order valence-corrected chi connectivity index (χ4v) is 0. The Labute approximate surface area is 212 Å². The molecule has 1 radical (unpaired) electrons. The third-order valence-electron chi connectivity index (χ3n) is 0. The monoisotopic (exact) mass is 613 g/mol. The van der Waals surface area contributed by atoms with Crippen molar-refractivity contribution in [2.24, 2.45) is 0 Å². The first kappa shape index (κ1) is 139. The first-order valence-electron chi connectivity index (χ1n) is 2.90. The van der Waals surface area contributed by atoms with E-state index in [-0.39, 0.29) is 17.1 Å². The molecule has 0 atom stereocenters. The molecule has 0 amide bonds. The van der Waals surface area contributed by atoms with Crippen LogP contribution in [0.3, 0.4) is 0 Å². The van der Waals surface area contributed by atoms with Gasteiger partial charge in [0.1, 0.15) is 0 Å². The minimum absolute atomic E-state index is 0. The van der Waals surface area contributed by atoms with Crippen LogP contribution in [0.15, 0.2) is 0 Å². The third kappa shape index (κ3) is 997. The van der Waals surface area contributed by atoms with Gasteiger partial charge in [0.05, 0.1) is 0 Å². The molecule has 0 heterocycles. The topological polar surface area (TPSA) is 285 Å². The molecule has 0 aromatic heterocycles. The van der Waals surface area contributed by atoms with Crippen molar-refractivity contribution in [3.8, 4) is 0 Å². The summed E-state index contributed by atoms with van der Waals surface area (Å²) in [5.41, 5.74) is 0. The predicted octanol–water partition coefficient (Wildman–Crippen LogP) is 1.14. The van der Waals surface area contributed by atoms with Crippen LogP contribution in [0.4, 0.5) is 0 Å². The van der Waals surface area contributed by atoms with Crippen molar-refractivity contribution in [2.45, 2.75) is 0 Å². The van der Waals surface area contributed by atoms with Crippen molar-refractivity contribution in [2.75, 3.05) is 0 Å². The van der Waals surface area contributed by atoms with Gasteiger partial charge in [-0.2, -0.15) is 0 Å². The van der Waals surface area contributed by atoms with Gasteiger partial charge < -0.3 is 142 Å². The van der Waals surface area contributed by atoms with E-state index in [1.807, 2.05) is 0 Å². The van der Waals surface area contributed by atoms with E-state index in [1.54, 1.807) is 0 Å². The average Bonchev–Trinajstić information content (AvgIpc) is 2.95. The summed E-state index contributed by atoms with van der Waals surface area (Å²) in [6.07, 6.45) is 0. The van der Waals surface area contributed by atoms with Crippen molar-refractivity contribution in [1.29, 1.82) is 63.1 Å². The predicted molar refractivity (Wildman–Crippen MR) is 59.6 cm³/mol. The molecule has 17 heteroatoms. The van der Waals surface area contributed by atoms with E-state index in [2.05, 4.69) is 54.6 Å². The summed E-state index contributed by atoms with van der Waals surface area (Å²) < 4.78 is 0. The third-order valence-corrected chi connectivity index (χ3v) is 0. The van der Waals surface area contributed by atoms with E-state index in [0.717, 1.165) is 0 Å². The van der Waals surface area contributed by atoms with Crippen LogP contribution in [0.2, 0.25) is 0 Å². The summed E-state index contributed by atoms with van der Waals surface area (Å²) >= 11 is 13.5. The summed E-state index contributed by atoms with van der Waals surface area (Å²) in [5, 5.41) is 75.0. The second kappa shape index (κ2) is 1090. The van der Waals surface area contributed by atoms with Gasteiger partial charge in [-0.1, -0.05) is 0 Å². The summed E-state index contributed by atoms with van der Waals surface area (Å²) in [4.78, 5) is 0. The van der Waals surface area contributed by atoms with Crippen LogP contribution < -0.4 is 0 Å². The molecule has 0 spiro atoms. The number of nitrogens with zero attached hydrogens (tertiary/aromatic N) is 12. The molecule has 0 bridgehead atoms. The molecule has 167 valence electrons. The molecular weight excluding hydrogens is 615 g/mol. The first-order chi connectivity index (χ1) is 14.0. The zero-order valence-corrected chi connectivity index (χ0v) is 18.0. The van der Waals surface area contributed by atoms with Crippen molar-refractivity contribution < 1.29 is 71.7 Å². The molecule has 0 saturated carbocycles. The van der Waals surface area contributed by atoms with Gasteiger partial charge in [0.15, 0.2) is 0 Å². The van der Waals surface area contributed by atoms with Crippen molar-refractivity contribution >= 4 is 0 Å². The summed E-state index contributed by atoms with van der Waals surface area (Å²) in [7, 11) is 0. The molecule has 0 aromatic carbocycles. The van der Waals surface area contributed by atoms with Gasteiger partial charge >= 0.3 is 71.7 Å². The Morgan fingerprint density at radius 3 is 0.241 bits per heavy atom. The van der Waals surface area contributed by atoms with Gasteiger partial charge in [-0.15, -0.1) is 0 Å². The Morgan fingerprint density at radius 2 is 0.241 bits per heavy atom. The van der Waals surface area contributed by atoms with Gasteiger partial charge in [0.2, 0.25) is 0 Å². The maximum absolute atomic E-state index is 6.25. The molecule has 0 aromatic rings. The normalized spacial score (nSPS) is 1.31. The molecule has 0 rings (SSSR count). The Bertz CT molecular complexity index is 259. The van der Waals surface area contributed by atoms with Crippen LogP contribution in [-0.4, -0.2) is 0 Å². The van der Waals surface area contributed by atoms with Gasteiger partial charge in [-0.25, -0.2) is 0 Å². The van der Waals surface area contributed by atoms with Crippen LogP contribution in [0.5, 0.6) is 0 Å². The zero-order valence-electron chi connectivity index (χ0n) is 13.0. The SMILES string of the molecule is [C-]#N.[C-]#N.[C-]#N.[C-]#N.[C-]#N.[C-]#N.[C-]#N.[C-]#N.[C-]#N.[C-]#N.[C-]#N.[C-]#N.[Cu+2].[Fe]=[Cu].[Fe]=[Cu]. The molecule has 0 saturated heterocycles. The molecule has 12 nitrogen and oxygen atoms in total. The molecule has 0 N–H and O–H groups in total. The number of hydrogen-bond acceptors (Lipinski definition) is 12. The second-order valence-corrected chi connectivity index (χ2v) is 0. The quantitative estimate of drug-likeness (QED) is 0.274. The van der Waals surface area contributed by atoms with E-state index >= 15 is 0 Å². The molecule has 0 aliphatic heterocycles. The summed E-state index contributed by atoms with van der Waals surface area (Å²) in [6, 6.07) is 0. The Hall–Kier alpha value is -3.52. The van der Waals surface area contributed by atoms with Gasteiger partial charge in [-0.05, 0) is 0 Å². The van der Waals surface area contributed by atoms with Gasteiger partial charge in [0.25, 0.3) is 0 Å². The fraction of sp³-hybridized carbons (Fsp3) is 0. The Kier molecular flexibility index (Phi) is 5210. The average molecular weight is 615 g/mol. The minimum atomic E-state index is 0. The molecule has 0 aliphatic rings. The second-order valence-electron chi connectivity index (χ2n) is 0. The molecule has 0 aliphatic carbocycles. The van der Waals surface area contributed by atoms with E-state index in [0.29, 0.717) is 0 Å². The van der Waals surface area contributed by atoms with E-state index in [1.165, 1.54) is 0 Å². The molecule has 0 fully saturated rings. The Balaban J connectivity index is -0.00000000558. The van der Waals surface area contributed by atoms with E-state index in [9.17, 15) is 0 Å². The van der Waals surface area contributed by atoms with E-state index in [4.69, 9.17) is 142 Å². The van der Waals surface area contributed by atoms with Crippen molar-refractivity contribution in [1.82, 2.24) is 0 Å². The molecule has 0 unspecified atom stereocenters. The maximum atomic E-state index is 6.25. The number of hydrogen-bond donors (Lipinski definition) is 0. The van der Waals surface area contributed by atoms with Crippen LogP contribution in [0, 0.1) is 142 Å². The van der Waals surface area contributed by atoms with Crippen LogP contribution in [0.1, 0.15) is 0 Å². The van der Waals surface area contributed by atoms with E-state index < -0.39 is 0 Å². The Morgan fingerprint density at radius 1 is 0.241 bits per heavy atom. The fourth-order valence-electron chi connectivity index (χ4n) is 0. The van der Waals surface area contributed by atoms with Crippen LogP contribution >= 0.6 is 0 Å². The van der Waals surface area contributed by atoms with Crippen molar-refractivity contribution in [3.63, 3.8) is 0 Å².